The zero-order chi connectivity index (χ0) is 18.8. The van der Waals surface area contributed by atoms with E-state index in [0.29, 0.717) is 12.2 Å². The molecule has 0 unspecified atom stereocenters. The number of aliphatic hydroxyl groups excluding tert-OH is 1. The van der Waals surface area contributed by atoms with Gasteiger partial charge in [0.2, 0.25) is 5.72 Å². The van der Waals surface area contributed by atoms with Crippen LogP contribution in [-0.4, -0.2) is 21.6 Å². The molecule has 1 N–H and O–H groups in total. The third-order valence-corrected chi connectivity index (χ3v) is 6.00. The maximum Gasteiger partial charge on any atom is 0.221 e. The minimum absolute atomic E-state index is 0.0318. The Kier molecular flexibility index (Phi) is 3.54. The van der Waals surface area contributed by atoms with Crippen molar-refractivity contribution >= 4 is 21.6 Å². The van der Waals surface area contributed by atoms with Crippen molar-refractivity contribution in [2.75, 3.05) is 0 Å². The molecule has 1 aliphatic carbocycles. The van der Waals surface area contributed by atoms with E-state index in [1.807, 2.05) is 35.4 Å². The summed E-state index contributed by atoms with van der Waals surface area (Å²) in [7, 11) is 0. The number of furan rings is 1. The van der Waals surface area contributed by atoms with Crippen molar-refractivity contribution in [2.45, 2.75) is 44.9 Å². The van der Waals surface area contributed by atoms with Gasteiger partial charge in [-0.05, 0) is 35.7 Å². The Bertz CT molecular complexity index is 964. The smallest absolute Gasteiger partial charge is 0.221 e. The monoisotopic (exact) mass is 428 g/mol. The molecule has 0 saturated heterocycles. The van der Waals surface area contributed by atoms with E-state index < -0.39 is 5.72 Å². The molecule has 3 heterocycles. The van der Waals surface area contributed by atoms with Crippen LogP contribution in [0.5, 0.6) is 5.75 Å². The van der Waals surface area contributed by atoms with Crippen LogP contribution in [0.25, 0.3) is 0 Å². The first-order valence-electron chi connectivity index (χ1n) is 9.15. The third-order valence-electron chi connectivity index (χ3n) is 5.50. The van der Waals surface area contributed by atoms with Gasteiger partial charge in [0.1, 0.15) is 17.2 Å². The number of rotatable bonds is 1. The third kappa shape index (κ3) is 2.69. The number of aliphatic hydroxyl groups is 1. The van der Waals surface area contributed by atoms with Crippen LogP contribution in [0.2, 0.25) is 0 Å². The molecule has 1 aromatic heterocycles. The van der Waals surface area contributed by atoms with E-state index >= 15 is 0 Å². The Labute approximate surface area is 166 Å². The number of halogens is 1. The predicted molar refractivity (Wildman–Crippen MR) is 106 cm³/mol. The van der Waals surface area contributed by atoms with E-state index in [2.05, 4.69) is 35.8 Å². The molecule has 2 aromatic rings. The van der Waals surface area contributed by atoms with Crippen molar-refractivity contribution in [2.24, 2.45) is 10.5 Å². The van der Waals surface area contributed by atoms with Gasteiger partial charge in [-0.2, -0.15) is 5.10 Å². The largest absolute Gasteiger partial charge is 0.512 e. The van der Waals surface area contributed by atoms with Crippen LogP contribution >= 0.6 is 15.9 Å². The van der Waals surface area contributed by atoms with Gasteiger partial charge in [0.25, 0.3) is 0 Å². The van der Waals surface area contributed by atoms with Gasteiger partial charge in [-0.25, -0.2) is 5.01 Å². The molecule has 1 spiro atoms. The number of benzene rings is 1. The molecular formula is C21H21BrN2O3. The molecule has 0 bridgehead atoms. The molecule has 6 heteroatoms. The fourth-order valence-corrected chi connectivity index (χ4v) is 5.00. The van der Waals surface area contributed by atoms with E-state index in [9.17, 15) is 5.11 Å². The van der Waals surface area contributed by atoms with E-state index in [-0.39, 0.29) is 11.5 Å². The summed E-state index contributed by atoms with van der Waals surface area (Å²) in [5.74, 6) is 1.98. The number of ether oxygens (including phenoxy) is 1. The van der Waals surface area contributed by atoms with Crippen LogP contribution in [0.15, 0.2) is 62.4 Å². The van der Waals surface area contributed by atoms with Crippen molar-refractivity contribution in [1.29, 1.82) is 0 Å². The van der Waals surface area contributed by atoms with Gasteiger partial charge in [-0.15, -0.1) is 0 Å². The number of nitrogens with zero attached hydrogens (tertiary/aromatic N) is 2. The van der Waals surface area contributed by atoms with Crippen LogP contribution in [-0.2, 0) is 0 Å². The van der Waals surface area contributed by atoms with Crippen LogP contribution in [0, 0.1) is 5.41 Å². The van der Waals surface area contributed by atoms with Gasteiger partial charge in [0, 0.05) is 35.4 Å². The average Bonchev–Trinajstić information content (AvgIpc) is 3.23. The van der Waals surface area contributed by atoms with Gasteiger partial charge >= 0.3 is 0 Å². The predicted octanol–water partition coefficient (Wildman–Crippen LogP) is 5.54. The summed E-state index contributed by atoms with van der Waals surface area (Å²) in [6.07, 6.45) is 5.62. The topological polar surface area (TPSA) is 58.2 Å². The van der Waals surface area contributed by atoms with E-state index in [4.69, 9.17) is 14.3 Å². The number of allylic oxidation sites excluding steroid dienone is 1. The fourth-order valence-electron chi connectivity index (χ4n) is 4.62. The Morgan fingerprint density at radius 3 is 2.89 bits per heavy atom. The van der Waals surface area contributed by atoms with E-state index in [1.54, 1.807) is 6.26 Å². The maximum atomic E-state index is 10.5. The summed E-state index contributed by atoms with van der Waals surface area (Å²) in [6, 6.07) is 9.92. The van der Waals surface area contributed by atoms with Crippen molar-refractivity contribution in [3.8, 4) is 5.75 Å². The van der Waals surface area contributed by atoms with Gasteiger partial charge in [0.05, 0.1) is 18.1 Å². The molecular weight excluding hydrogens is 408 g/mol. The van der Waals surface area contributed by atoms with E-state index in [0.717, 1.165) is 40.1 Å². The highest BCUT2D eigenvalue weighted by Gasteiger charge is 2.54. The van der Waals surface area contributed by atoms with Crippen molar-refractivity contribution in [3.63, 3.8) is 0 Å². The molecule has 5 nitrogen and oxygen atoms in total. The number of hydrogen-bond acceptors (Lipinski definition) is 5. The molecule has 27 heavy (non-hydrogen) atoms. The second kappa shape index (κ2) is 5.64. The maximum absolute atomic E-state index is 10.5. The lowest BCUT2D eigenvalue weighted by Crippen LogP contribution is -2.56. The Hall–Kier alpha value is -2.21. The van der Waals surface area contributed by atoms with Crippen LogP contribution in [0.1, 0.15) is 50.5 Å². The first-order chi connectivity index (χ1) is 12.9. The fraction of sp³-hybridized carbons (Fsp3) is 0.381. The number of hydrazone groups is 1. The minimum Gasteiger partial charge on any atom is -0.512 e. The zero-order valence-electron chi connectivity index (χ0n) is 15.3. The minimum atomic E-state index is -0.800. The van der Waals surface area contributed by atoms with Gasteiger partial charge in [-0.1, -0.05) is 29.8 Å². The lowest BCUT2D eigenvalue weighted by atomic mass is 9.75. The number of hydrogen-bond donors (Lipinski definition) is 1. The van der Waals surface area contributed by atoms with Gasteiger partial charge in [-0.3, -0.25) is 0 Å². The second-order valence-corrected chi connectivity index (χ2v) is 9.29. The molecule has 3 aliphatic rings. The summed E-state index contributed by atoms with van der Waals surface area (Å²) < 4.78 is 13.1. The molecule has 140 valence electrons. The summed E-state index contributed by atoms with van der Waals surface area (Å²) >= 11 is 3.57. The molecule has 1 aromatic carbocycles. The van der Waals surface area contributed by atoms with Crippen LogP contribution in [0.3, 0.4) is 0 Å². The van der Waals surface area contributed by atoms with E-state index in [1.165, 1.54) is 0 Å². The molecule has 5 rings (SSSR count). The van der Waals surface area contributed by atoms with Gasteiger partial charge in [0.15, 0.2) is 0 Å². The van der Waals surface area contributed by atoms with Crippen molar-refractivity contribution < 1.29 is 14.3 Å². The molecule has 0 fully saturated rings. The average molecular weight is 429 g/mol. The standard InChI is InChI=1S/C21H21BrN2O3/c1-20(2)10-14(25)11-21(12-20)24-17(9-16(23-24)19-4-3-7-26-19)15-8-13(22)5-6-18(15)27-21/h3-8,11,17,25H,9-10,12H2,1-2H3/t17-,21+/m0/s1. The first kappa shape index (κ1) is 16.9. The van der Waals surface area contributed by atoms with Crippen LogP contribution < -0.4 is 4.74 Å². The molecule has 0 radical (unpaired) electrons. The van der Waals surface area contributed by atoms with Gasteiger partial charge < -0.3 is 14.3 Å². The lowest BCUT2D eigenvalue weighted by Gasteiger charge is -2.50. The first-order valence-corrected chi connectivity index (χ1v) is 9.94. The molecule has 0 saturated carbocycles. The normalized spacial score (nSPS) is 28.3. The second-order valence-electron chi connectivity index (χ2n) is 8.37. The highest BCUT2D eigenvalue weighted by molar-refractivity contribution is 9.10. The molecule has 2 atom stereocenters. The van der Waals surface area contributed by atoms with Crippen LogP contribution in [0.4, 0.5) is 0 Å². The summed E-state index contributed by atoms with van der Waals surface area (Å²) in [5, 5.41) is 17.4. The quantitative estimate of drug-likeness (QED) is 0.647. The highest BCUT2D eigenvalue weighted by Crippen LogP contribution is 2.53. The Balaban J connectivity index is 1.68. The molecule has 0 amide bonds. The van der Waals surface area contributed by atoms with Crippen molar-refractivity contribution in [3.05, 3.63) is 64.2 Å². The number of fused-ring (bicyclic) bond motifs is 4. The summed E-state index contributed by atoms with van der Waals surface area (Å²) in [6.45, 7) is 4.31. The molecule has 2 aliphatic heterocycles. The Morgan fingerprint density at radius 2 is 2.15 bits per heavy atom. The highest BCUT2D eigenvalue weighted by atomic mass is 79.9. The zero-order valence-corrected chi connectivity index (χ0v) is 16.9. The lowest BCUT2D eigenvalue weighted by molar-refractivity contribution is -0.115. The summed E-state index contributed by atoms with van der Waals surface area (Å²) in [5.41, 5.74) is 1.10. The summed E-state index contributed by atoms with van der Waals surface area (Å²) in [4.78, 5) is 0. The van der Waals surface area contributed by atoms with Crippen molar-refractivity contribution in [1.82, 2.24) is 5.01 Å². The Morgan fingerprint density at radius 1 is 1.30 bits per heavy atom. The SMILES string of the molecule is CC1(C)CC(O)=C[C@]2(C1)Oc1ccc(Br)cc1[C@@H]1CC(c3ccco3)=NN12.